The van der Waals surface area contributed by atoms with Crippen LogP contribution in [0.5, 0.6) is 0 Å². The Morgan fingerprint density at radius 2 is 1.74 bits per heavy atom. The van der Waals surface area contributed by atoms with E-state index in [-0.39, 0.29) is 6.04 Å². The van der Waals surface area contributed by atoms with Crippen molar-refractivity contribution in [2.24, 2.45) is 0 Å². The third-order valence-electron chi connectivity index (χ3n) is 6.42. The van der Waals surface area contributed by atoms with Crippen molar-refractivity contribution in [3.8, 4) is 0 Å². The molecule has 2 heterocycles. The van der Waals surface area contributed by atoms with Crippen LogP contribution >= 0.6 is 23.2 Å². The number of benzene rings is 2. The minimum Gasteiger partial charge on any atom is -0.281 e. The first-order valence-corrected chi connectivity index (χ1v) is 12.3. The Morgan fingerprint density at radius 1 is 0.941 bits per heavy atom. The molecule has 1 atom stereocenters. The second-order valence-corrected chi connectivity index (χ2v) is 9.58. The number of hydrogen-bond donors (Lipinski definition) is 0. The number of hydrogen-bond acceptors (Lipinski definition) is 5. The maximum atomic E-state index is 6.60. The van der Waals surface area contributed by atoms with Gasteiger partial charge in [0.2, 0.25) is 0 Å². The van der Waals surface area contributed by atoms with Gasteiger partial charge in [0, 0.05) is 35.5 Å². The second-order valence-electron chi connectivity index (χ2n) is 8.73. The number of tetrazole rings is 1. The van der Waals surface area contributed by atoms with Crippen LogP contribution in [0.25, 0.3) is 0 Å². The minimum absolute atomic E-state index is 0.190. The minimum atomic E-state index is -0.190. The van der Waals surface area contributed by atoms with Gasteiger partial charge in [-0.3, -0.25) is 9.88 Å². The first kappa shape index (κ1) is 23.0. The van der Waals surface area contributed by atoms with E-state index in [1.54, 1.807) is 6.20 Å². The van der Waals surface area contributed by atoms with Gasteiger partial charge in [0.1, 0.15) is 0 Å². The molecule has 34 heavy (non-hydrogen) atoms. The highest BCUT2D eigenvalue weighted by Crippen LogP contribution is 2.36. The second kappa shape index (κ2) is 10.6. The molecule has 6 nitrogen and oxygen atoms in total. The normalized spacial score (nSPS) is 15.1. The highest BCUT2D eigenvalue weighted by Gasteiger charge is 2.32. The number of pyridine rings is 1. The Balaban J connectivity index is 1.61. The number of rotatable bonds is 8. The average molecular weight is 493 g/mol. The summed E-state index contributed by atoms with van der Waals surface area (Å²) in [4.78, 5) is 6.69. The summed E-state index contributed by atoms with van der Waals surface area (Å²) < 4.78 is 2.04. The fourth-order valence-electron chi connectivity index (χ4n) is 4.77. The Morgan fingerprint density at radius 3 is 2.47 bits per heavy atom. The van der Waals surface area contributed by atoms with Crippen molar-refractivity contribution in [3.05, 3.63) is 106 Å². The van der Waals surface area contributed by atoms with Gasteiger partial charge in [-0.15, -0.1) is 5.10 Å². The Hall–Kier alpha value is -2.80. The lowest BCUT2D eigenvalue weighted by Crippen LogP contribution is -2.32. The van der Waals surface area contributed by atoms with Crippen LogP contribution in [-0.2, 0) is 13.1 Å². The Kier molecular flexibility index (Phi) is 7.19. The van der Waals surface area contributed by atoms with Crippen molar-refractivity contribution in [1.82, 2.24) is 30.1 Å². The predicted octanol–water partition coefficient (Wildman–Crippen LogP) is 6.28. The zero-order valence-corrected chi connectivity index (χ0v) is 20.3. The summed E-state index contributed by atoms with van der Waals surface area (Å²) in [5.41, 5.74) is 3.23. The SMILES string of the molecule is Clc1ccc([C@@H](c2nnnn2C2CCCC2)N(Cc2cccnc2)Cc2ccccc2Cl)cc1. The molecule has 0 radical (unpaired) electrons. The molecule has 5 rings (SSSR count). The van der Waals surface area contributed by atoms with Crippen molar-refractivity contribution >= 4 is 23.2 Å². The number of nitrogens with zero attached hydrogens (tertiary/aromatic N) is 6. The van der Waals surface area contributed by atoms with Gasteiger partial charge in [0.15, 0.2) is 5.82 Å². The van der Waals surface area contributed by atoms with Gasteiger partial charge in [0.05, 0.1) is 12.1 Å². The molecule has 0 saturated heterocycles. The van der Waals surface area contributed by atoms with Gasteiger partial charge in [-0.25, -0.2) is 4.68 Å². The van der Waals surface area contributed by atoms with Gasteiger partial charge >= 0.3 is 0 Å². The van der Waals surface area contributed by atoms with Crippen LogP contribution < -0.4 is 0 Å². The van der Waals surface area contributed by atoms with Crippen molar-refractivity contribution in [1.29, 1.82) is 0 Å². The van der Waals surface area contributed by atoms with Crippen molar-refractivity contribution in [3.63, 3.8) is 0 Å². The highest BCUT2D eigenvalue weighted by molar-refractivity contribution is 6.31. The van der Waals surface area contributed by atoms with Gasteiger partial charge in [-0.1, -0.05) is 72.4 Å². The first-order chi connectivity index (χ1) is 16.7. The summed E-state index contributed by atoms with van der Waals surface area (Å²) >= 11 is 12.9. The summed E-state index contributed by atoms with van der Waals surface area (Å²) in [5, 5.41) is 14.6. The van der Waals surface area contributed by atoms with E-state index in [1.165, 1.54) is 12.8 Å². The van der Waals surface area contributed by atoms with Crippen molar-refractivity contribution in [2.45, 2.75) is 50.9 Å². The van der Waals surface area contributed by atoms with E-state index in [0.29, 0.717) is 24.2 Å². The lowest BCUT2D eigenvalue weighted by molar-refractivity contribution is 0.191. The zero-order valence-electron chi connectivity index (χ0n) is 18.8. The van der Waals surface area contributed by atoms with E-state index in [4.69, 9.17) is 23.2 Å². The standard InChI is InChI=1S/C26H26Cl2N6/c27-22-13-11-20(12-14-22)25(26-30-31-32-34(26)23-8-2-3-9-23)33(17-19-6-5-15-29-16-19)18-21-7-1-4-10-24(21)28/h1,4-7,10-16,23,25H,2-3,8-9,17-18H2/t25-/m0/s1. The number of aromatic nitrogens is 5. The molecule has 0 aliphatic heterocycles. The summed E-state index contributed by atoms with van der Waals surface area (Å²) in [7, 11) is 0. The zero-order chi connectivity index (χ0) is 23.3. The molecule has 0 N–H and O–H groups in total. The van der Waals surface area contributed by atoms with Gasteiger partial charge in [0.25, 0.3) is 0 Å². The summed E-state index contributed by atoms with van der Waals surface area (Å²) in [6.45, 7) is 1.28. The van der Waals surface area contributed by atoms with Gasteiger partial charge in [-0.05, 0) is 64.2 Å². The molecule has 2 aromatic heterocycles. The topological polar surface area (TPSA) is 59.7 Å². The lowest BCUT2D eigenvalue weighted by atomic mass is 10.0. The lowest BCUT2D eigenvalue weighted by Gasteiger charge is -2.32. The predicted molar refractivity (Wildman–Crippen MR) is 134 cm³/mol. The van der Waals surface area contributed by atoms with Crippen molar-refractivity contribution in [2.75, 3.05) is 0 Å². The molecule has 0 unspecified atom stereocenters. The maximum Gasteiger partial charge on any atom is 0.173 e. The van der Waals surface area contributed by atoms with Crippen LogP contribution in [-0.4, -0.2) is 30.1 Å². The summed E-state index contributed by atoms with van der Waals surface area (Å²) in [6, 6.07) is 20.1. The molecule has 0 bridgehead atoms. The molecule has 1 aliphatic carbocycles. The molecule has 4 aromatic rings. The third kappa shape index (κ3) is 5.14. The molecule has 0 spiro atoms. The largest absolute Gasteiger partial charge is 0.281 e. The van der Waals surface area contributed by atoms with Crippen LogP contribution in [0.15, 0.2) is 73.1 Å². The molecule has 174 valence electrons. The van der Waals surface area contributed by atoms with Crippen molar-refractivity contribution < 1.29 is 0 Å². The molecular weight excluding hydrogens is 467 g/mol. The maximum absolute atomic E-state index is 6.60. The molecule has 1 saturated carbocycles. The molecule has 1 aliphatic rings. The Labute approximate surface area is 209 Å². The van der Waals surface area contributed by atoms with Crippen LogP contribution in [0.1, 0.15) is 60.3 Å². The van der Waals surface area contributed by atoms with Crippen LogP contribution in [0.3, 0.4) is 0 Å². The molecule has 8 heteroatoms. The van der Waals surface area contributed by atoms with E-state index in [0.717, 1.165) is 40.4 Å². The van der Waals surface area contributed by atoms with Crippen LogP contribution in [0, 0.1) is 0 Å². The smallest absolute Gasteiger partial charge is 0.173 e. The first-order valence-electron chi connectivity index (χ1n) is 11.6. The van der Waals surface area contributed by atoms with Crippen LogP contribution in [0.2, 0.25) is 10.0 Å². The quantitative estimate of drug-likeness (QED) is 0.289. The van der Waals surface area contributed by atoms with E-state index in [1.807, 2.05) is 47.3 Å². The van der Waals surface area contributed by atoms with Gasteiger partial charge < -0.3 is 0 Å². The van der Waals surface area contributed by atoms with Crippen LogP contribution in [0.4, 0.5) is 0 Å². The summed E-state index contributed by atoms with van der Waals surface area (Å²) in [6.07, 6.45) is 8.29. The fourth-order valence-corrected chi connectivity index (χ4v) is 5.09. The Bertz CT molecular complexity index is 1210. The molecular formula is C26H26Cl2N6. The fraction of sp³-hybridized carbons (Fsp3) is 0.308. The van der Waals surface area contributed by atoms with E-state index < -0.39 is 0 Å². The number of halogens is 2. The highest BCUT2D eigenvalue weighted by atomic mass is 35.5. The van der Waals surface area contributed by atoms with E-state index in [9.17, 15) is 0 Å². The van der Waals surface area contributed by atoms with Gasteiger partial charge in [-0.2, -0.15) is 0 Å². The molecule has 2 aromatic carbocycles. The van der Waals surface area contributed by atoms with E-state index >= 15 is 0 Å². The summed E-state index contributed by atoms with van der Waals surface area (Å²) in [5.74, 6) is 0.838. The third-order valence-corrected chi connectivity index (χ3v) is 7.04. The molecule has 0 amide bonds. The molecule has 1 fully saturated rings. The monoisotopic (exact) mass is 492 g/mol. The van der Waals surface area contributed by atoms with E-state index in [2.05, 4.69) is 49.7 Å². The average Bonchev–Trinajstić information content (AvgIpc) is 3.55.